The van der Waals surface area contributed by atoms with Crippen molar-refractivity contribution in [3.05, 3.63) is 119 Å². The van der Waals surface area contributed by atoms with Crippen LogP contribution in [0.25, 0.3) is 0 Å². The summed E-state index contributed by atoms with van der Waals surface area (Å²) < 4.78 is 53.6. The molecule has 0 bridgehead atoms. The molecule has 0 aliphatic carbocycles. The molecule has 328 valence electrons. The first kappa shape index (κ1) is 46.2. The Balaban J connectivity index is 0.000000195. The van der Waals surface area contributed by atoms with Gasteiger partial charge < -0.3 is 41.7 Å². The molecule has 2 aliphatic rings. The Hall–Kier alpha value is -6.84. The van der Waals surface area contributed by atoms with Gasteiger partial charge in [0.1, 0.15) is 34.4 Å². The molecule has 62 heavy (non-hydrogen) atoms. The van der Waals surface area contributed by atoms with Crippen LogP contribution in [0.2, 0.25) is 0 Å². The topological polar surface area (TPSA) is 195 Å². The number of nitrogen functional groups attached to an aromatic ring is 2. The molecule has 0 saturated carbocycles. The number of aromatic amines is 1. The van der Waals surface area contributed by atoms with Crippen LogP contribution in [0.1, 0.15) is 20.7 Å². The number of nitrogens with two attached hydrogens (primary N) is 2. The monoisotopic (exact) mass is 882 g/mol. The summed E-state index contributed by atoms with van der Waals surface area (Å²) in [5.74, 6) is -4.35. The summed E-state index contributed by atoms with van der Waals surface area (Å²) in [6, 6.07) is 22.2. The molecular weight excluding hydrogens is 839 g/mol. The number of halogens is 6. The summed E-state index contributed by atoms with van der Waals surface area (Å²) >= 11 is 4.89. The number of hydrogen-bond acceptors (Lipinski definition) is 14. The van der Waals surface area contributed by atoms with E-state index in [1.54, 1.807) is 0 Å². The van der Waals surface area contributed by atoms with E-state index >= 15 is 0 Å². The summed E-state index contributed by atoms with van der Waals surface area (Å²) in [7, 11) is 4.26. The average molecular weight is 883 g/mol. The summed E-state index contributed by atoms with van der Waals surface area (Å²) in [4.78, 5) is 40.2. The number of H-pyrrole nitrogens is 1. The molecule has 2 saturated heterocycles. The van der Waals surface area contributed by atoms with Crippen LogP contribution in [-0.4, -0.2) is 117 Å². The van der Waals surface area contributed by atoms with Crippen LogP contribution < -0.4 is 31.9 Å². The van der Waals surface area contributed by atoms with Crippen molar-refractivity contribution in [2.75, 3.05) is 98.4 Å². The number of carbonyl (C=O) groups is 2. The lowest BCUT2D eigenvalue weighted by Gasteiger charge is -2.34. The molecule has 2 fully saturated rings. The molecule has 22 heteroatoms. The van der Waals surface area contributed by atoms with E-state index in [-0.39, 0.29) is 16.6 Å². The Labute approximate surface area is 357 Å². The molecule has 0 unspecified atom stereocenters. The van der Waals surface area contributed by atoms with Gasteiger partial charge in [-0.2, -0.15) is 14.6 Å². The van der Waals surface area contributed by atoms with Crippen molar-refractivity contribution in [1.29, 1.82) is 0 Å². The molecule has 8 rings (SSSR count). The Bertz CT molecular complexity index is 2380. The van der Waals surface area contributed by atoms with Crippen LogP contribution >= 0.6 is 11.6 Å². The number of nitrogens with one attached hydrogen (secondary N) is 3. The fourth-order valence-electron chi connectivity index (χ4n) is 6.25. The number of hydrogen-bond donors (Lipinski definition) is 5. The zero-order valence-corrected chi connectivity index (χ0v) is 34.3. The van der Waals surface area contributed by atoms with E-state index in [4.69, 9.17) is 23.1 Å². The number of likely N-dealkylation sites (N-methyl/N-ethyl adjacent to an activating group) is 2. The third-order valence-electron chi connectivity index (χ3n) is 9.65. The Kier molecular flexibility index (Phi) is 15.7. The maximum Gasteiger partial charge on any atom is 0.287 e. The van der Waals surface area contributed by atoms with Crippen molar-refractivity contribution >= 4 is 69.3 Å². The molecule has 4 aromatic carbocycles. The lowest BCUT2D eigenvalue weighted by molar-refractivity contribution is 0.0939. The zero-order chi connectivity index (χ0) is 43.6. The second kappa shape index (κ2) is 21.1. The van der Waals surface area contributed by atoms with Crippen molar-refractivity contribution in [3.8, 4) is 0 Å². The van der Waals surface area contributed by atoms with Crippen LogP contribution in [0, 0.1) is 23.3 Å². The Morgan fingerprint density at radius 2 is 1.05 bits per heavy atom. The van der Waals surface area contributed by atoms with Gasteiger partial charge in [-0.05, 0) is 98.5 Å². The molecule has 2 aliphatic heterocycles. The minimum atomic E-state index is -1.12. The van der Waals surface area contributed by atoms with Gasteiger partial charge in [0.05, 0.1) is 0 Å². The van der Waals surface area contributed by atoms with Crippen LogP contribution in [0.15, 0.2) is 84.9 Å². The average Bonchev–Trinajstić information content (AvgIpc) is 3.82. The molecule has 0 atom stereocenters. The quantitative estimate of drug-likeness (QED) is 0.0923. The predicted octanol–water partition coefficient (Wildman–Crippen LogP) is 5.70. The van der Waals surface area contributed by atoms with Crippen molar-refractivity contribution < 1.29 is 31.9 Å². The highest BCUT2D eigenvalue weighted by Gasteiger charge is 2.23. The van der Waals surface area contributed by atoms with Gasteiger partial charge in [-0.25, -0.2) is 22.7 Å². The van der Waals surface area contributed by atoms with Gasteiger partial charge in [-0.3, -0.25) is 14.3 Å². The standard InChI is InChI=1S/C20H21F2N7O.C13H19N7.C7H3ClF2O.FH/c1-27-9-11-28(12-10-27)14-7-5-13(6-8-14)24-20-25-19(23)29(26-20)18(30)17-15(21)3-2-4-16(17)22;1-19-6-8-20(9-7-19)11-4-2-10(3-5-11)15-13-16-12(14)17-18-13;8-7(11)6-4(9)2-1-3-5(6)10;/h2-8H,9-12H2,1H3,(H3,23,24,25,26);2-5H,6-9H2,1H3,(H4,14,15,16,17,18);1-3H;1H. The fourth-order valence-corrected chi connectivity index (χ4v) is 6.43. The molecule has 2 aromatic heterocycles. The highest BCUT2D eigenvalue weighted by molar-refractivity contribution is 6.67. The molecule has 0 radical (unpaired) electrons. The maximum absolute atomic E-state index is 13.9. The van der Waals surface area contributed by atoms with Crippen LogP contribution in [0.3, 0.4) is 0 Å². The van der Waals surface area contributed by atoms with Gasteiger partial charge in [0.15, 0.2) is 0 Å². The van der Waals surface area contributed by atoms with Crippen LogP contribution in [0.4, 0.5) is 68.8 Å². The van der Waals surface area contributed by atoms with E-state index in [0.29, 0.717) is 22.3 Å². The smallest absolute Gasteiger partial charge is 0.287 e. The molecule has 6 aromatic rings. The summed E-state index contributed by atoms with van der Waals surface area (Å²) in [6.45, 7) is 8.30. The third kappa shape index (κ3) is 11.9. The maximum atomic E-state index is 13.9. The number of carbonyl (C=O) groups excluding carboxylic acids is 2. The van der Waals surface area contributed by atoms with Gasteiger partial charge in [0, 0.05) is 75.1 Å². The van der Waals surface area contributed by atoms with Gasteiger partial charge >= 0.3 is 0 Å². The zero-order valence-electron chi connectivity index (χ0n) is 33.5. The van der Waals surface area contributed by atoms with Gasteiger partial charge in [0.25, 0.3) is 11.1 Å². The molecule has 4 heterocycles. The summed E-state index contributed by atoms with van der Waals surface area (Å²) in [5.41, 5.74) is 13.8. The van der Waals surface area contributed by atoms with Gasteiger partial charge in [-0.15, -0.1) is 10.2 Å². The number of anilines is 8. The normalized spacial score (nSPS) is 14.1. The predicted molar refractivity (Wildman–Crippen MR) is 229 cm³/mol. The van der Waals surface area contributed by atoms with Crippen molar-refractivity contribution in [1.82, 2.24) is 39.7 Å². The van der Waals surface area contributed by atoms with Gasteiger partial charge in [0.2, 0.25) is 23.8 Å². The molecule has 16 nitrogen and oxygen atoms in total. The van der Waals surface area contributed by atoms with Crippen molar-refractivity contribution in [2.45, 2.75) is 0 Å². The third-order valence-corrected chi connectivity index (χ3v) is 9.84. The molecule has 0 spiro atoms. The lowest BCUT2D eigenvalue weighted by atomic mass is 10.2. The highest BCUT2D eigenvalue weighted by Crippen LogP contribution is 2.24. The molecule has 7 N–H and O–H groups in total. The first-order chi connectivity index (χ1) is 29.2. The van der Waals surface area contributed by atoms with Gasteiger partial charge in [-0.1, -0.05) is 12.1 Å². The Morgan fingerprint density at radius 1 is 0.629 bits per heavy atom. The van der Waals surface area contributed by atoms with Crippen molar-refractivity contribution in [3.63, 3.8) is 0 Å². The number of benzene rings is 4. The van der Waals surface area contributed by atoms with Crippen LogP contribution in [-0.2, 0) is 0 Å². The number of aromatic nitrogens is 6. The molecular formula is C40H44ClF5N14O2. The molecule has 0 amide bonds. The minimum absolute atomic E-state index is 0. The Morgan fingerprint density at radius 3 is 1.44 bits per heavy atom. The summed E-state index contributed by atoms with van der Waals surface area (Å²) in [5, 5.41) is 15.4. The fraction of sp³-hybridized carbons (Fsp3) is 0.250. The first-order valence-corrected chi connectivity index (χ1v) is 19.3. The van der Waals surface area contributed by atoms with E-state index in [1.165, 1.54) is 11.8 Å². The van der Waals surface area contributed by atoms with Crippen molar-refractivity contribution in [2.24, 2.45) is 0 Å². The minimum Gasteiger partial charge on any atom is -0.369 e. The van der Waals surface area contributed by atoms with E-state index < -0.39 is 45.5 Å². The van der Waals surface area contributed by atoms with Crippen LogP contribution in [0.5, 0.6) is 0 Å². The summed E-state index contributed by atoms with van der Waals surface area (Å²) in [6.07, 6.45) is 0. The number of nitrogens with zero attached hydrogens (tertiary/aromatic N) is 9. The van der Waals surface area contributed by atoms with E-state index in [1.807, 2.05) is 36.4 Å². The highest BCUT2D eigenvalue weighted by atomic mass is 35.5. The largest absolute Gasteiger partial charge is 0.369 e. The second-order valence-corrected chi connectivity index (χ2v) is 14.3. The first-order valence-electron chi connectivity index (χ1n) is 18.9. The second-order valence-electron chi connectivity index (χ2n) is 13.9. The SMILES string of the molecule is CN1CCN(c2ccc(Nc3n[nH]c(N)n3)cc2)CC1.CN1CCN(c2ccc(Nc3nc(N)n(C(=O)c4c(F)cccc4F)n3)cc2)CC1.F.O=C(Cl)c1c(F)cccc1F. The number of rotatable bonds is 8. The van der Waals surface area contributed by atoms with E-state index in [2.05, 4.69) is 81.7 Å². The van der Waals surface area contributed by atoms with E-state index in [0.717, 1.165) is 94.1 Å². The van der Waals surface area contributed by atoms with E-state index in [9.17, 15) is 27.2 Å². The lowest BCUT2D eigenvalue weighted by Crippen LogP contribution is -2.44. The number of piperazine rings is 2.